The van der Waals surface area contributed by atoms with Gasteiger partial charge in [0.25, 0.3) is 0 Å². The van der Waals surface area contributed by atoms with E-state index in [1.54, 1.807) is 24.4 Å². The summed E-state index contributed by atoms with van der Waals surface area (Å²) in [6.45, 7) is 0. The summed E-state index contributed by atoms with van der Waals surface area (Å²) in [6, 6.07) is 12.2. The van der Waals surface area contributed by atoms with E-state index in [-0.39, 0.29) is 35.3 Å². The summed E-state index contributed by atoms with van der Waals surface area (Å²) in [5.41, 5.74) is 1.14. The van der Waals surface area contributed by atoms with Crippen molar-refractivity contribution in [3.8, 4) is 0 Å². The average Bonchev–Trinajstić information content (AvgIpc) is 3.16. The summed E-state index contributed by atoms with van der Waals surface area (Å²) in [6.07, 6.45) is 6.83. The molecule has 1 saturated carbocycles. The van der Waals surface area contributed by atoms with Gasteiger partial charge in [-0.1, -0.05) is 36.4 Å². The molecule has 2 nitrogen and oxygen atoms in total. The van der Waals surface area contributed by atoms with Gasteiger partial charge in [0.05, 0.1) is 0 Å². The van der Waals surface area contributed by atoms with Gasteiger partial charge < -0.3 is 0 Å². The van der Waals surface area contributed by atoms with E-state index in [0.717, 1.165) is 6.42 Å². The van der Waals surface area contributed by atoms with Gasteiger partial charge in [0.2, 0.25) is 0 Å². The standard InChI is InChI=1S/C19H16FNO/c20-15-6-2-1-5-14(15)17-12-8-9-13(11-12)18(17)19(22)16-7-3-4-10-21-16/h1-10,12-13,17-18H,11H2/t12-,13+,17-,18+/m1/s1. The Labute approximate surface area is 128 Å². The van der Waals surface area contributed by atoms with Crippen LogP contribution >= 0.6 is 0 Å². The Hall–Kier alpha value is -2.29. The molecule has 0 unspecified atom stereocenters. The van der Waals surface area contributed by atoms with E-state index in [1.807, 2.05) is 18.2 Å². The van der Waals surface area contributed by atoms with Gasteiger partial charge in [0.1, 0.15) is 11.5 Å². The van der Waals surface area contributed by atoms with Crippen molar-refractivity contribution in [3.63, 3.8) is 0 Å². The lowest BCUT2D eigenvalue weighted by molar-refractivity contribution is 0.0880. The number of rotatable bonds is 3. The first-order chi connectivity index (χ1) is 10.8. The zero-order chi connectivity index (χ0) is 15.1. The maximum Gasteiger partial charge on any atom is 0.185 e. The first-order valence-corrected chi connectivity index (χ1v) is 7.63. The number of ketones is 1. The highest BCUT2D eigenvalue weighted by atomic mass is 19.1. The Kier molecular flexibility index (Phi) is 3.14. The molecule has 2 aromatic rings. The summed E-state index contributed by atoms with van der Waals surface area (Å²) in [5.74, 6) is -0.0193. The average molecular weight is 293 g/mol. The van der Waals surface area contributed by atoms with Crippen LogP contribution in [-0.4, -0.2) is 10.8 Å². The van der Waals surface area contributed by atoms with Crippen LogP contribution in [0, 0.1) is 23.6 Å². The molecule has 2 aliphatic rings. The Morgan fingerprint density at radius 1 is 1.05 bits per heavy atom. The van der Waals surface area contributed by atoms with E-state index in [0.29, 0.717) is 11.3 Å². The van der Waals surface area contributed by atoms with Crippen LogP contribution in [0.15, 0.2) is 60.8 Å². The Morgan fingerprint density at radius 3 is 2.59 bits per heavy atom. The van der Waals surface area contributed by atoms with Gasteiger partial charge in [0, 0.05) is 18.0 Å². The molecule has 1 aromatic carbocycles. The van der Waals surface area contributed by atoms with Gasteiger partial charge in [-0.25, -0.2) is 4.39 Å². The molecule has 3 heteroatoms. The number of benzene rings is 1. The second-order valence-corrected chi connectivity index (χ2v) is 6.10. The van der Waals surface area contributed by atoms with Crippen molar-refractivity contribution in [2.24, 2.45) is 17.8 Å². The topological polar surface area (TPSA) is 30.0 Å². The molecule has 2 aliphatic carbocycles. The summed E-state index contributed by atoms with van der Waals surface area (Å²) in [7, 11) is 0. The molecule has 0 aliphatic heterocycles. The lowest BCUT2D eigenvalue weighted by Gasteiger charge is -2.27. The third-order valence-corrected chi connectivity index (χ3v) is 4.94. The lowest BCUT2D eigenvalue weighted by Crippen LogP contribution is -2.27. The molecule has 22 heavy (non-hydrogen) atoms. The number of nitrogens with zero attached hydrogens (tertiary/aromatic N) is 1. The van der Waals surface area contributed by atoms with Gasteiger partial charge in [-0.15, -0.1) is 0 Å². The van der Waals surface area contributed by atoms with Crippen LogP contribution in [0.3, 0.4) is 0 Å². The number of hydrogen-bond donors (Lipinski definition) is 0. The van der Waals surface area contributed by atoms with Gasteiger partial charge in [-0.2, -0.15) is 0 Å². The molecular formula is C19H16FNO. The fourth-order valence-corrected chi connectivity index (χ4v) is 4.03. The third kappa shape index (κ3) is 2.00. The number of aromatic nitrogens is 1. The fraction of sp³-hybridized carbons (Fsp3) is 0.263. The molecule has 0 spiro atoms. The Balaban J connectivity index is 1.76. The van der Waals surface area contributed by atoms with E-state index < -0.39 is 0 Å². The highest BCUT2D eigenvalue weighted by molar-refractivity contribution is 5.97. The fourth-order valence-electron chi connectivity index (χ4n) is 4.03. The minimum Gasteiger partial charge on any atom is -0.292 e. The van der Waals surface area contributed by atoms with Crippen LogP contribution in [0.1, 0.15) is 28.4 Å². The second-order valence-electron chi connectivity index (χ2n) is 6.10. The molecule has 110 valence electrons. The summed E-state index contributed by atoms with van der Waals surface area (Å²) in [5, 5.41) is 0. The van der Waals surface area contributed by atoms with Gasteiger partial charge in [-0.05, 0) is 42.0 Å². The molecule has 0 N–H and O–H groups in total. The summed E-state index contributed by atoms with van der Waals surface area (Å²) < 4.78 is 14.3. The van der Waals surface area contributed by atoms with Crippen LogP contribution in [-0.2, 0) is 0 Å². The summed E-state index contributed by atoms with van der Waals surface area (Å²) >= 11 is 0. The van der Waals surface area contributed by atoms with E-state index in [1.165, 1.54) is 6.07 Å². The highest BCUT2D eigenvalue weighted by Gasteiger charge is 2.49. The van der Waals surface area contributed by atoms with Crippen LogP contribution in [0.5, 0.6) is 0 Å². The van der Waals surface area contributed by atoms with Crippen molar-refractivity contribution in [1.29, 1.82) is 0 Å². The molecule has 4 atom stereocenters. The quantitative estimate of drug-likeness (QED) is 0.632. The van der Waals surface area contributed by atoms with E-state index >= 15 is 0 Å². The predicted octanol–water partition coefficient (Wildman–Crippen LogP) is 4.01. The number of carbonyl (C=O) groups is 1. The van der Waals surface area contributed by atoms with Gasteiger partial charge in [-0.3, -0.25) is 9.78 Å². The van der Waals surface area contributed by atoms with Crippen molar-refractivity contribution in [1.82, 2.24) is 4.98 Å². The zero-order valence-corrected chi connectivity index (χ0v) is 12.0. The number of Topliss-reactive ketones (excluding diaryl/α,β-unsaturated/α-hetero) is 1. The third-order valence-electron chi connectivity index (χ3n) is 4.94. The van der Waals surface area contributed by atoms with Crippen molar-refractivity contribution in [3.05, 3.63) is 77.9 Å². The minimum absolute atomic E-state index is 0.0331. The van der Waals surface area contributed by atoms with Crippen LogP contribution < -0.4 is 0 Å². The SMILES string of the molecule is O=C(c1ccccn1)[C@@H]1[C@@H](c2ccccc2F)[C@@H]2C=C[C@H]1C2. The summed E-state index contributed by atoms with van der Waals surface area (Å²) in [4.78, 5) is 17.1. The zero-order valence-electron chi connectivity index (χ0n) is 12.0. The monoisotopic (exact) mass is 293 g/mol. The molecule has 0 amide bonds. The number of pyridine rings is 1. The van der Waals surface area contributed by atoms with Crippen LogP contribution in [0.4, 0.5) is 4.39 Å². The smallest absolute Gasteiger partial charge is 0.185 e. The molecule has 1 fully saturated rings. The van der Waals surface area contributed by atoms with Crippen LogP contribution in [0.25, 0.3) is 0 Å². The van der Waals surface area contributed by atoms with Gasteiger partial charge >= 0.3 is 0 Å². The number of halogens is 1. The highest BCUT2D eigenvalue weighted by Crippen LogP contribution is 2.54. The Bertz CT molecular complexity index is 740. The maximum absolute atomic E-state index is 14.3. The normalized spacial score (nSPS) is 29.0. The molecule has 4 rings (SSSR count). The first-order valence-electron chi connectivity index (χ1n) is 7.63. The Morgan fingerprint density at radius 2 is 1.82 bits per heavy atom. The molecule has 0 radical (unpaired) electrons. The first kappa shape index (κ1) is 13.4. The van der Waals surface area contributed by atoms with Crippen molar-refractivity contribution >= 4 is 5.78 Å². The minimum atomic E-state index is -0.215. The van der Waals surface area contributed by atoms with Crippen molar-refractivity contribution in [2.45, 2.75) is 12.3 Å². The van der Waals surface area contributed by atoms with Crippen LogP contribution in [0.2, 0.25) is 0 Å². The predicted molar refractivity (Wildman–Crippen MR) is 81.9 cm³/mol. The lowest BCUT2D eigenvalue weighted by atomic mass is 9.75. The largest absolute Gasteiger partial charge is 0.292 e. The van der Waals surface area contributed by atoms with E-state index in [4.69, 9.17) is 0 Å². The molecule has 1 aromatic heterocycles. The number of hydrogen-bond acceptors (Lipinski definition) is 2. The van der Waals surface area contributed by atoms with Gasteiger partial charge in [0.15, 0.2) is 5.78 Å². The maximum atomic E-state index is 14.3. The number of allylic oxidation sites excluding steroid dienone is 2. The molecule has 1 heterocycles. The van der Waals surface area contributed by atoms with E-state index in [2.05, 4.69) is 17.1 Å². The van der Waals surface area contributed by atoms with Crippen molar-refractivity contribution in [2.75, 3.05) is 0 Å². The number of fused-ring (bicyclic) bond motifs is 2. The van der Waals surface area contributed by atoms with E-state index in [9.17, 15) is 9.18 Å². The molecule has 0 saturated heterocycles. The second kappa shape index (κ2) is 5.16. The van der Waals surface area contributed by atoms with Crippen molar-refractivity contribution < 1.29 is 9.18 Å². The molecular weight excluding hydrogens is 277 g/mol. The molecule has 2 bridgehead atoms. The number of carbonyl (C=O) groups excluding carboxylic acids is 1.